The molecule has 0 aliphatic heterocycles. The van der Waals surface area contributed by atoms with Crippen LogP contribution in [0.15, 0.2) is 41.1 Å². The molecule has 1 atom stereocenters. The van der Waals surface area contributed by atoms with Gasteiger partial charge in [-0.2, -0.15) is 11.3 Å². The van der Waals surface area contributed by atoms with Gasteiger partial charge in [-0.3, -0.25) is 4.79 Å². The SMILES string of the molecule is NC(=O)C(OC(=O)c1ccsc1)c1ccc(F)cc1. The highest BCUT2D eigenvalue weighted by Crippen LogP contribution is 2.20. The van der Waals surface area contributed by atoms with Crippen LogP contribution in [-0.2, 0) is 9.53 Å². The summed E-state index contributed by atoms with van der Waals surface area (Å²) in [7, 11) is 0. The average molecular weight is 279 g/mol. The van der Waals surface area contributed by atoms with E-state index in [9.17, 15) is 14.0 Å². The highest BCUT2D eigenvalue weighted by Gasteiger charge is 2.23. The average Bonchev–Trinajstić information content (AvgIpc) is 2.90. The number of nitrogens with two attached hydrogens (primary N) is 1. The summed E-state index contributed by atoms with van der Waals surface area (Å²) in [6.45, 7) is 0. The number of primary amides is 1. The minimum atomic E-state index is -1.23. The maximum absolute atomic E-state index is 12.8. The third kappa shape index (κ3) is 3.17. The van der Waals surface area contributed by atoms with Crippen molar-refractivity contribution >= 4 is 23.2 Å². The van der Waals surface area contributed by atoms with Crippen LogP contribution >= 0.6 is 11.3 Å². The van der Waals surface area contributed by atoms with E-state index in [-0.39, 0.29) is 0 Å². The van der Waals surface area contributed by atoms with Gasteiger partial charge in [0.25, 0.3) is 5.91 Å². The van der Waals surface area contributed by atoms with Crippen LogP contribution in [0.2, 0.25) is 0 Å². The molecule has 4 nitrogen and oxygen atoms in total. The monoisotopic (exact) mass is 279 g/mol. The molecule has 1 heterocycles. The molecule has 1 unspecified atom stereocenters. The Balaban J connectivity index is 2.19. The van der Waals surface area contributed by atoms with Crippen molar-refractivity contribution in [1.29, 1.82) is 0 Å². The van der Waals surface area contributed by atoms with Crippen LogP contribution < -0.4 is 5.73 Å². The molecule has 0 saturated carbocycles. The summed E-state index contributed by atoms with van der Waals surface area (Å²) < 4.78 is 17.9. The number of rotatable bonds is 4. The molecule has 2 N–H and O–H groups in total. The van der Waals surface area contributed by atoms with Crippen molar-refractivity contribution in [3.8, 4) is 0 Å². The lowest BCUT2D eigenvalue weighted by atomic mass is 10.1. The lowest BCUT2D eigenvalue weighted by molar-refractivity contribution is -0.127. The Bertz CT molecular complexity index is 580. The fourth-order valence-corrected chi connectivity index (χ4v) is 2.11. The van der Waals surface area contributed by atoms with E-state index >= 15 is 0 Å². The van der Waals surface area contributed by atoms with Gasteiger partial charge < -0.3 is 10.5 Å². The summed E-state index contributed by atoms with van der Waals surface area (Å²) in [4.78, 5) is 23.1. The molecule has 98 valence electrons. The largest absolute Gasteiger partial charge is 0.444 e. The molecule has 0 radical (unpaired) electrons. The smallest absolute Gasteiger partial charge is 0.340 e. The number of carbonyl (C=O) groups excluding carboxylic acids is 2. The molecule has 1 amide bonds. The number of hydrogen-bond donors (Lipinski definition) is 1. The summed E-state index contributed by atoms with van der Waals surface area (Å²) in [5, 5.41) is 3.32. The zero-order valence-electron chi connectivity index (χ0n) is 9.71. The van der Waals surface area contributed by atoms with Gasteiger partial charge in [0, 0.05) is 10.9 Å². The van der Waals surface area contributed by atoms with Crippen LogP contribution in [-0.4, -0.2) is 11.9 Å². The fraction of sp³-hybridized carbons (Fsp3) is 0.0769. The summed E-state index contributed by atoms with van der Waals surface area (Å²) in [6.07, 6.45) is -1.23. The topological polar surface area (TPSA) is 69.4 Å². The standard InChI is InChI=1S/C13H10FNO3S/c14-10-3-1-8(2-4-10)11(12(15)16)18-13(17)9-5-6-19-7-9/h1-7,11H,(H2,15,16). The molecular weight excluding hydrogens is 269 g/mol. The minimum absolute atomic E-state index is 0.331. The molecule has 0 aliphatic carbocycles. The Hall–Kier alpha value is -2.21. The van der Waals surface area contributed by atoms with E-state index in [1.165, 1.54) is 35.6 Å². The van der Waals surface area contributed by atoms with E-state index in [2.05, 4.69) is 0 Å². The quantitative estimate of drug-likeness (QED) is 0.873. The lowest BCUT2D eigenvalue weighted by Crippen LogP contribution is -2.26. The van der Waals surface area contributed by atoms with E-state index in [0.717, 1.165) is 0 Å². The number of amides is 1. The third-order valence-corrected chi connectivity index (χ3v) is 3.10. The molecule has 0 fully saturated rings. The van der Waals surface area contributed by atoms with Gasteiger partial charge in [-0.05, 0) is 23.6 Å². The molecule has 0 spiro atoms. The van der Waals surface area contributed by atoms with E-state index in [1.54, 1.807) is 16.8 Å². The maximum Gasteiger partial charge on any atom is 0.340 e. The predicted octanol–water partition coefficient (Wildman–Crippen LogP) is 2.27. The van der Waals surface area contributed by atoms with Crippen LogP contribution in [0, 0.1) is 5.82 Å². The van der Waals surface area contributed by atoms with Crippen molar-refractivity contribution in [2.75, 3.05) is 0 Å². The number of hydrogen-bond acceptors (Lipinski definition) is 4. The molecule has 1 aromatic heterocycles. The Morgan fingerprint density at radius 2 is 1.89 bits per heavy atom. The van der Waals surface area contributed by atoms with Crippen molar-refractivity contribution in [1.82, 2.24) is 0 Å². The van der Waals surface area contributed by atoms with E-state index in [0.29, 0.717) is 11.1 Å². The predicted molar refractivity (Wildman–Crippen MR) is 68.1 cm³/mol. The summed E-state index contributed by atoms with van der Waals surface area (Å²) in [5.74, 6) is -1.90. The first-order chi connectivity index (χ1) is 9.08. The van der Waals surface area contributed by atoms with Crippen LogP contribution in [0.4, 0.5) is 4.39 Å². The Kier molecular flexibility index (Phi) is 3.91. The van der Waals surface area contributed by atoms with Gasteiger partial charge in [0.15, 0.2) is 0 Å². The van der Waals surface area contributed by atoms with Gasteiger partial charge in [0.05, 0.1) is 5.56 Å². The second-order valence-corrected chi connectivity index (χ2v) is 4.53. The highest BCUT2D eigenvalue weighted by molar-refractivity contribution is 7.08. The Morgan fingerprint density at radius 3 is 2.42 bits per heavy atom. The molecule has 0 bridgehead atoms. The van der Waals surface area contributed by atoms with E-state index < -0.39 is 23.8 Å². The molecule has 19 heavy (non-hydrogen) atoms. The van der Waals surface area contributed by atoms with Gasteiger partial charge in [0.1, 0.15) is 5.82 Å². The Morgan fingerprint density at radius 1 is 1.21 bits per heavy atom. The number of esters is 1. The number of ether oxygens (including phenoxy) is 1. The van der Waals surface area contributed by atoms with Crippen LogP contribution in [0.1, 0.15) is 22.0 Å². The lowest BCUT2D eigenvalue weighted by Gasteiger charge is -2.14. The van der Waals surface area contributed by atoms with Crippen molar-refractivity contribution in [3.05, 3.63) is 58.0 Å². The van der Waals surface area contributed by atoms with Gasteiger partial charge in [-0.15, -0.1) is 0 Å². The molecule has 0 saturated heterocycles. The van der Waals surface area contributed by atoms with Gasteiger partial charge in [0.2, 0.25) is 6.10 Å². The number of benzene rings is 1. The first-order valence-electron chi connectivity index (χ1n) is 5.36. The molecule has 6 heteroatoms. The molecular formula is C13H10FNO3S. The van der Waals surface area contributed by atoms with Gasteiger partial charge in [-0.1, -0.05) is 12.1 Å². The van der Waals surface area contributed by atoms with Crippen LogP contribution in [0.5, 0.6) is 0 Å². The zero-order chi connectivity index (χ0) is 13.8. The van der Waals surface area contributed by atoms with Crippen LogP contribution in [0.3, 0.4) is 0 Å². The first-order valence-corrected chi connectivity index (χ1v) is 6.30. The number of halogens is 1. The van der Waals surface area contributed by atoms with Crippen LogP contribution in [0.25, 0.3) is 0 Å². The number of carbonyl (C=O) groups is 2. The highest BCUT2D eigenvalue weighted by atomic mass is 32.1. The first kappa shape index (κ1) is 13.2. The summed E-state index contributed by atoms with van der Waals surface area (Å²) in [6, 6.07) is 6.63. The maximum atomic E-state index is 12.8. The fourth-order valence-electron chi connectivity index (χ4n) is 1.48. The zero-order valence-corrected chi connectivity index (χ0v) is 10.5. The molecule has 2 aromatic rings. The van der Waals surface area contributed by atoms with Crippen molar-refractivity contribution in [2.24, 2.45) is 5.73 Å². The summed E-state index contributed by atoms with van der Waals surface area (Å²) >= 11 is 1.33. The third-order valence-electron chi connectivity index (χ3n) is 2.41. The van der Waals surface area contributed by atoms with Crippen molar-refractivity contribution in [2.45, 2.75) is 6.10 Å². The van der Waals surface area contributed by atoms with Crippen molar-refractivity contribution < 1.29 is 18.7 Å². The Labute approximate surface area is 112 Å². The summed E-state index contributed by atoms with van der Waals surface area (Å²) in [5.41, 5.74) is 5.88. The molecule has 0 aliphatic rings. The van der Waals surface area contributed by atoms with Crippen molar-refractivity contribution in [3.63, 3.8) is 0 Å². The van der Waals surface area contributed by atoms with E-state index in [4.69, 9.17) is 10.5 Å². The number of thiophene rings is 1. The van der Waals surface area contributed by atoms with Gasteiger partial charge in [-0.25, -0.2) is 9.18 Å². The second-order valence-electron chi connectivity index (χ2n) is 3.75. The molecule has 2 rings (SSSR count). The second kappa shape index (κ2) is 5.62. The van der Waals surface area contributed by atoms with Gasteiger partial charge >= 0.3 is 5.97 Å². The molecule has 1 aromatic carbocycles. The normalized spacial score (nSPS) is 11.8. The minimum Gasteiger partial charge on any atom is -0.444 e. The van der Waals surface area contributed by atoms with E-state index in [1.807, 2.05) is 0 Å².